The van der Waals surface area contributed by atoms with Crippen LogP contribution in [0.2, 0.25) is 0 Å². The second kappa shape index (κ2) is 6.94. The van der Waals surface area contributed by atoms with Gasteiger partial charge in [0.05, 0.1) is 12.6 Å². The van der Waals surface area contributed by atoms with E-state index in [2.05, 4.69) is 17.4 Å². The van der Waals surface area contributed by atoms with Crippen molar-refractivity contribution in [2.24, 2.45) is 0 Å². The van der Waals surface area contributed by atoms with Crippen LogP contribution in [0.15, 0.2) is 48.5 Å². The van der Waals surface area contributed by atoms with E-state index >= 15 is 0 Å². The number of benzene rings is 2. The predicted molar refractivity (Wildman–Crippen MR) is 92.7 cm³/mol. The molecule has 25 heavy (non-hydrogen) atoms. The van der Waals surface area contributed by atoms with Gasteiger partial charge in [-0.3, -0.25) is 4.79 Å². The van der Waals surface area contributed by atoms with E-state index in [1.165, 1.54) is 17.7 Å². The molecule has 1 N–H and O–H groups in total. The highest BCUT2D eigenvalue weighted by atomic mass is 19.1. The molecule has 0 unspecified atom stereocenters. The molecular weight excluding hydrogens is 319 g/mol. The normalized spacial score (nSPS) is 23.2. The molecule has 2 aromatic rings. The number of rotatable bonds is 2. The number of carbonyl (C=O) groups is 1. The van der Waals surface area contributed by atoms with E-state index in [1.54, 1.807) is 12.1 Å². The molecule has 5 heteroatoms. The Morgan fingerprint density at radius 1 is 1.16 bits per heavy atom. The van der Waals surface area contributed by atoms with Gasteiger partial charge in [0, 0.05) is 19.6 Å². The summed E-state index contributed by atoms with van der Waals surface area (Å²) in [4.78, 5) is 15.0. The van der Waals surface area contributed by atoms with E-state index < -0.39 is 6.10 Å². The fraction of sp³-hybridized carbons (Fsp3) is 0.350. The molecule has 1 saturated heterocycles. The summed E-state index contributed by atoms with van der Waals surface area (Å²) in [5.41, 5.74) is 3.27. The lowest BCUT2D eigenvalue weighted by atomic mass is 9.88. The van der Waals surface area contributed by atoms with Crippen LogP contribution in [-0.4, -0.2) is 43.2 Å². The number of nitrogens with zero attached hydrogens (tertiary/aromatic N) is 1. The van der Waals surface area contributed by atoms with Crippen molar-refractivity contribution in [3.05, 3.63) is 71.0 Å². The summed E-state index contributed by atoms with van der Waals surface area (Å²) >= 11 is 0. The fourth-order valence-corrected chi connectivity index (χ4v) is 3.72. The number of amides is 1. The maximum atomic E-state index is 13.4. The average Bonchev–Trinajstić information content (AvgIpc) is 2.68. The smallest absolute Gasteiger partial charge is 0.253 e. The first kappa shape index (κ1) is 16.2. The number of hydrogen-bond acceptors (Lipinski definition) is 3. The van der Waals surface area contributed by atoms with Crippen molar-refractivity contribution in [2.75, 3.05) is 26.2 Å². The molecule has 2 atom stereocenters. The van der Waals surface area contributed by atoms with Crippen LogP contribution in [-0.2, 0) is 16.0 Å². The number of nitrogens with one attached hydrogen (secondary N) is 1. The van der Waals surface area contributed by atoms with E-state index in [1.807, 2.05) is 17.0 Å². The van der Waals surface area contributed by atoms with Gasteiger partial charge in [-0.2, -0.15) is 0 Å². The Balaban J connectivity index is 1.72. The molecule has 4 nitrogen and oxygen atoms in total. The minimum Gasteiger partial charge on any atom is -0.366 e. The average molecular weight is 340 g/mol. The van der Waals surface area contributed by atoms with Gasteiger partial charge in [0.2, 0.25) is 0 Å². The molecule has 0 aliphatic carbocycles. The largest absolute Gasteiger partial charge is 0.366 e. The molecule has 130 valence electrons. The molecule has 1 fully saturated rings. The van der Waals surface area contributed by atoms with Gasteiger partial charge in [0.1, 0.15) is 11.9 Å². The van der Waals surface area contributed by atoms with Crippen LogP contribution in [0, 0.1) is 5.82 Å². The van der Waals surface area contributed by atoms with Gasteiger partial charge in [-0.15, -0.1) is 0 Å². The van der Waals surface area contributed by atoms with Gasteiger partial charge < -0.3 is 15.0 Å². The first-order chi connectivity index (χ1) is 12.2. The molecule has 2 heterocycles. The zero-order valence-corrected chi connectivity index (χ0v) is 14.0. The predicted octanol–water partition coefficient (Wildman–Crippen LogP) is 2.29. The Bertz CT molecular complexity index is 757. The van der Waals surface area contributed by atoms with Crippen LogP contribution in [0.3, 0.4) is 0 Å². The number of fused-ring (bicyclic) bond motifs is 1. The lowest BCUT2D eigenvalue weighted by Gasteiger charge is -2.40. The van der Waals surface area contributed by atoms with Crippen LogP contribution in [0.4, 0.5) is 4.39 Å². The van der Waals surface area contributed by atoms with Crippen LogP contribution < -0.4 is 5.32 Å². The second-order valence-electron chi connectivity index (χ2n) is 6.50. The van der Waals surface area contributed by atoms with Gasteiger partial charge in [-0.1, -0.05) is 36.4 Å². The topological polar surface area (TPSA) is 41.6 Å². The number of carbonyl (C=O) groups excluding carboxylic acids is 1. The maximum absolute atomic E-state index is 13.4. The minimum absolute atomic E-state index is 0.00368. The molecule has 0 radical (unpaired) electrons. The molecule has 0 aromatic heterocycles. The first-order valence-corrected chi connectivity index (χ1v) is 8.70. The SMILES string of the molecule is O=C([C@@H]1CNCCO1)N1CCc2ccccc2[C@@H]1c1ccc(F)cc1. The summed E-state index contributed by atoms with van der Waals surface area (Å²) in [5, 5.41) is 3.21. The van der Waals surface area contributed by atoms with Crippen molar-refractivity contribution in [2.45, 2.75) is 18.6 Å². The van der Waals surface area contributed by atoms with Crippen LogP contribution >= 0.6 is 0 Å². The number of halogens is 1. The summed E-state index contributed by atoms with van der Waals surface area (Å²) in [6, 6.07) is 14.4. The van der Waals surface area contributed by atoms with E-state index in [4.69, 9.17) is 4.74 Å². The van der Waals surface area contributed by atoms with Gasteiger partial charge >= 0.3 is 0 Å². The Kier molecular flexibility index (Phi) is 4.51. The van der Waals surface area contributed by atoms with Crippen molar-refractivity contribution in [3.63, 3.8) is 0 Å². The lowest BCUT2D eigenvalue weighted by molar-refractivity contribution is -0.147. The first-order valence-electron chi connectivity index (χ1n) is 8.70. The van der Waals surface area contributed by atoms with E-state index in [9.17, 15) is 9.18 Å². The molecule has 1 amide bonds. The summed E-state index contributed by atoms with van der Waals surface area (Å²) in [7, 11) is 0. The lowest BCUT2D eigenvalue weighted by Crippen LogP contribution is -2.52. The van der Waals surface area contributed by atoms with E-state index in [-0.39, 0.29) is 17.8 Å². The highest BCUT2D eigenvalue weighted by molar-refractivity contribution is 5.82. The zero-order chi connectivity index (χ0) is 17.2. The highest BCUT2D eigenvalue weighted by Crippen LogP contribution is 2.35. The van der Waals surface area contributed by atoms with Gasteiger partial charge in [-0.25, -0.2) is 4.39 Å². The maximum Gasteiger partial charge on any atom is 0.253 e. The molecule has 2 aliphatic rings. The van der Waals surface area contributed by atoms with Crippen molar-refractivity contribution in [1.29, 1.82) is 0 Å². The Hall–Kier alpha value is -2.24. The van der Waals surface area contributed by atoms with Gasteiger partial charge in [0.15, 0.2) is 0 Å². The Labute approximate surface area is 146 Å². The number of ether oxygens (including phenoxy) is 1. The summed E-state index contributed by atoms with van der Waals surface area (Å²) in [6.45, 7) is 2.49. The summed E-state index contributed by atoms with van der Waals surface area (Å²) in [6.07, 6.45) is 0.363. The van der Waals surface area contributed by atoms with Gasteiger partial charge in [0.25, 0.3) is 5.91 Å². The van der Waals surface area contributed by atoms with Crippen molar-refractivity contribution >= 4 is 5.91 Å². The summed E-state index contributed by atoms with van der Waals surface area (Å²) in [5.74, 6) is -0.276. The van der Waals surface area contributed by atoms with Crippen molar-refractivity contribution in [1.82, 2.24) is 10.2 Å². The highest BCUT2D eigenvalue weighted by Gasteiger charge is 2.36. The van der Waals surface area contributed by atoms with Crippen LogP contribution in [0.1, 0.15) is 22.7 Å². The fourth-order valence-electron chi connectivity index (χ4n) is 3.72. The standard InChI is InChI=1S/C20H21FN2O2/c21-16-7-5-15(6-8-16)19-17-4-2-1-3-14(17)9-11-23(19)20(24)18-13-22-10-12-25-18/h1-8,18-19,22H,9-13H2/t18-,19-/m0/s1. The monoisotopic (exact) mass is 340 g/mol. The molecule has 0 saturated carbocycles. The molecule has 0 spiro atoms. The molecule has 2 aliphatic heterocycles. The van der Waals surface area contributed by atoms with Gasteiger partial charge in [-0.05, 0) is 35.2 Å². The Morgan fingerprint density at radius 2 is 1.96 bits per heavy atom. The van der Waals surface area contributed by atoms with Crippen molar-refractivity contribution in [3.8, 4) is 0 Å². The third kappa shape index (κ3) is 3.17. The quantitative estimate of drug-likeness (QED) is 0.912. The zero-order valence-electron chi connectivity index (χ0n) is 14.0. The number of morpholine rings is 1. The number of hydrogen-bond donors (Lipinski definition) is 1. The summed E-state index contributed by atoms with van der Waals surface area (Å²) < 4.78 is 19.1. The van der Waals surface area contributed by atoms with Crippen LogP contribution in [0.25, 0.3) is 0 Å². The third-order valence-corrected chi connectivity index (χ3v) is 4.96. The molecule has 4 rings (SSSR count). The minimum atomic E-state index is -0.457. The van der Waals surface area contributed by atoms with E-state index in [0.29, 0.717) is 19.7 Å². The molecule has 0 bridgehead atoms. The molecular formula is C20H21FN2O2. The second-order valence-corrected chi connectivity index (χ2v) is 6.50. The van der Waals surface area contributed by atoms with E-state index in [0.717, 1.165) is 24.1 Å². The van der Waals surface area contributed by atoms with Crippen molar-refractivity contribution < 1.29 is 13.9 Å². The molecule has 2 aromatic carbocycles. The van der Waals surface area contributed by atoms with Crippen LogP contribution in [0.5, 0.6) is 0 Å². The Morgan fingerprint density at radius 3 is 2.72 bits per heavy atom. The third-order valence-electron chi connectivity index (χ3n) is 4.96.